The first kappa shape index (κ1) is 24.8. The Kier molecular flexibility index (Phi) is 6.81. The number of aromatic nitrogens is 1. The third kappa shape index (κ3) is 4.51. The standard InChI is InChI=1S/C22H20ClN3O8S2/c23-10-1-2-12(34-9-13(27)25-3-5-33-6-4-25)11(7-10)15-16-18(35-19-17(15)36-22(32)24-19)21(31)26(20(16)30)8-14(28)29/h1-2,7,15-16,18H,3-6,8-9H2,(H,24,32)(H,28,29)/t15-,16?,18?/m0/s1. The molecule has 14 heteroatoms. The van der Waals surface area contributed by atoms with Crippen molar-refractivity contribution in [1.82, 2.24) is 14.8 Å². The van der Waals surface area contributed by atoms with Crippen LogP contribution in [0.5, 0.6) is 5.75 Å². The van der Waals surface area contributed by atoms with E-state index in [1.807, 2.05) is 0 Å². The third-order valence-electron chi connectivity index (χ3n) is 6.23. The van der Waals surface area contributed by atoms with E-state index >= 15 is 0 Å². The van der Waals surface area contributed by atoms with E-state index in [9.17, 15) is 29.1 Å². The number of benzene rings is 1. The number of aromatic amines is 1. The Morgan fingerprint density at radius 2 is 1.94 bits per heavy atom. The van der Waals surface area contributed by atoms with Crippen LogP contribution in [0.15, 0.2) is 28.0 Å². The predicted molar refractivity (Wildman–Crippen MR) is 129 cm³/mol. The molecular formula is C22H20ClN3O8S2. The molecule has 3 aliphatic rings. The molecule has 36 heavy (non-hydrogen) atoms. The van der Waals surface area contributed by atoms with Gasteiger partial charge in [0.1, 0.15) is 17.5 Å². The molecule has 5 rings (SSSR count). The predicted octanol–water partition coefficient (Wildman–Crippen LogP) is 1.00. The van der Waals surface area contributed by atoms with Gasteiger partial charge in [-0.1, -0.05) is 34.7 Å². The number of amides is 3. The van der Waals surface area contributed by atoms with Crippen LogP contribution >= 0.6 is 34.7 Å². The van der Waals surface area contributed by atoms with E-state index in [-0.39, 0.29) is 23.1 Å². The van der Waals surface area contributed by atoms with E-state index in [0.29, 0.717) is 46.8 Å². The fraction of sp³-hybridized carbons (Fsp3) is 0.409. The molecule has 3 amide bonds. The summed E-state index contributed by atoms with van der Waals surface area (Å²) in [4.78, 5) is 67.9. The highest BCUT2D eigenvalue weighted by atomic mass is 35.5. The maximum absolute atomic E-state index is 13.4. The monoisotopic (exact) mass is 553 g/mol. The molecule has 2 N–H and O–H groups in total. The fourth-order valence-corrected chi connectivity index (χ4v) is 7.35. The second-order valence-electron chi connectivity index (χ2n) is 8.37. The van der Waals surface area contributed by atoms with Crippen molar-refractivity contribution in [3.63, 3.8) is 0 Å². The van der Waals surface area contributed by atoms with Gasteiger partial charge in [0.05, 0.1) is 24.2 Å². The minimum Gasteiger partial charge on any atom is -0.483 e. The molecule has 190 valence electrons. The van der Waals surface area contributed by atoms with Crippen molar-refractivity contribution in [3.05, 3.63) is 43.3 Å². The second kappa shape index (κ2) is 9.88. The minimum atomic E-state index is -1.31. The average molecular weight is 554 g/mol. The Hall–Kier alpha value is -2.87. The lowest BCUT2D eigenvalue weighted by Crippen LogP contribution is -2.43. The number of likely N-dealkylation sites (tertiary alicyclic amines) is 1. The largest absolute Gasteiger partial charge is 0.483 e. The Morgan fingerprint density at radius 1 is 1.19 bits per heavy atom. The lowest BCUT2D eigenvalue weighted by molar-refractivity contribution is -0.149. The Morgan fingerprint density at radius 3 is 2.67 bits per heavy atom. The quantitative estimate of drug-likeness (QED) is 0.500. The number of carbonyl (C=O) groups excluding carboxylic acids is 3. The summed E-state index contributed by atoms with van der Waals surface area (Å²) >= 11 is 8.25. The number of nitrogens with one attached hydrogen (secondary N) is 1. The first-order valence-corrected chi connectivity index (χ1v) is 13.1. The van der Waals surface area contributed by atoms with Crippen molar-refractivity contribution in [1.29, 1.82) is 0 Å². The number of hydrogen-bond donors (Lipinski definition) is 2. The first-order chi connectivity index (χ1) is 17.2. The SMILES string of the molecule is O=C(O)CN1C(=O)C2Sc3[nH]c(=O)sc3[C@@H](c3cc(Cl)ccc3OCC(=O)N3CCOCC3)C2C1=O. The number of hydrogen-bond acceptors (Lipinski definition) is 9. The van der Waals surface area contributed by atoms with E-state index in [1.54, 1.807) is 23.1 Å². The Bertz CT molecular complexity index is 1300. The number of H-pyrrole nitrogens is 1. The molecule has 2 saturated heterocycles. The van der Waals surface area contributed by atoms with E-state index in [0.717, 1.165) is 28.0 Å². The van der Waals surface area contributed by atoms with Gasteiger partial charge in [-0.3, -0.25) is 28.9 Å². The van der Waals surface area contributed by atoms with Crippen LogP contribution in [0, 0.1) is 5.92 Å². The van der Waals surface area contributed by atoms with E-state index in [4.69, 9.17) is 21.1 Å². The molecule has 4 heterocycles. The van der Waals surface area contributed by atoms with Gasteiger partial charge in [-0.2, -0.15) is 0 Å². The molecule has 11 nitrogen and oxygen atoms in total. The van der Waals surface area contributed by atoms with Gasteiger partial charge in [0.15, 0.2) is 6.61 Å². The molecule has 0 aliphatic carbocycles. The van der Waals surface area contributed by atoms with E-state index in [2.05, 4.69) is 4.98 Å². The highest BCUT2D eigenvalue weighted by molar-refractivity contribution is 8.00. The summed E-state index contributed by atoms with van der Waals surface area (Å²) in [6, 6.07) is 4.74. The van der Waals surface area contributed by atoms with Crippen molar-refractivity contribution in [2.45, 2.75) is 16.2 Å². The number of morpholine rings is 1. The van der Waals surface area contributed by atoms with Gasteiger partial charge in [0.2, 0.25) is 11.8 Å². The summed E-state index contributed by atoms with van der Waals surface area (Å²) in [5.74, 6) is -4.33. The van der Waals surface area contributed by atoms with Gasteiger partial charge in [-0.25, -0.2) is 0 Å². The molecule has 3 aliphatic heterocycles. The van der Waals surface area contributed by atoms with Gasteiger partial charge >= 0.3 is 10.8 Å². The molecule has 1 aromatic heterocycles. The van der Waals surface area contributed by atoms with Crippen LogP contribution in [0.1, 0.15) is 16.4 Å². The molecule has 2 unspecified atom stereocenters. The maximum atomic E-state index is 13.4. The van der Waals surface area contributed by atoms with Gasteiger partial charge < -0.3 is 24.5 Å². The molecule has 2 fully saturated rings. The van der Waals surface area contributed by atoms with Crippen molar-refractivity contribution in [2.24, 2.45) is 5.92 Å². The van der Waals surface area contributed by atoms with Gasteiger partial charge in [0, 0.05) is 34.5 Å². The summed E-state index contributed by atoms with van der Waals surface area (Å²) in [6.45, 7) is 0.775. The number of imide groups is 1. The molecule has 1 aromatic carbocycles. The summed E-state index contributed by atoms with van der Waals surface area (Å²) in [6.07, 6.45) is 0. The zero-order valence-electron chi connectivity index (χ0n) is 18.6. The number of thiazole rings is 1. The fourth-order valence-electron chi connectivity index (χ4n) is 4.64. The average Bonchev–Trinajstić information content (AvgIpc) is 3.34. The van der Waals surface area contributed by atoms with Crippen LogP contribution in [0.3, 0.4) is 0 Å². The van der Waals surface area contributed by atoms with Crippen LogP contribution in [0.25, 0.3) is 0 Å². The normalized spacial score (nSPS) is 23.4. The zero-order chi connectivity index (χ0) is 25.6. The number of thioether (sulfide) groups is 1. The van der Waals surface area contributed by atoms with Crippen LogP contribution in [0.4, 0.5) is 0 Å². The molecule has 3 atom stereocenters. The second-order valence-corrected chi connectivity index (χ2v) is 11.0. The van der Waals surface area contributed by atoms with Crippen molar-refractivity contribution >= 4 is 58.4 Å². The number of carboxylic acids is 1. The molecule has 0 spiro atoms. The minimum absolute atomic E-state index is 0.233. The summed E-state index contributed by atoms with van der Waals surface area (Å²) in [5.41, 5.74) is 0.433. The number of rotatable bonds is 6. The maximum Gasteiger partial charge on any atom is 0.323 e. The summed E-state index contributed by atoms with van der Waals surface area (Å²) in [5, 5.41) is 9.06. The van der Waals surface area contributed by atoms with Crippen LogP contribution < -0.4 is 9.61 Å². The third-order valence-corrected chi connectivity index (χ3v) is 8.87. The van der Waals surface area contributed by atoms with Crippen LogP contribution in [-0.4, -0.2) is 88.3 Å². The molecule has 2 aromatic rings. The number of carbonyl (C=O) groups is 4. The van der Waals surface area contributed by atoms with Crippen LogP contribution in [0.2, 0.25) is 5.02 Å². The Balaban J connectivity index is 1.53. The smallest absolute Gasteiger partial charge is 0.323 e. The van der Waals surface area contributed by atoms with Crippen molar-refractivity contribution < 1.29 is 33.8 Å². The molecule has 0 saturated carbocycles. The number of fused-ring (bicyclic) bond motifs is 2. The van der Waals surface area contributed by atoms with Gasteiger partial charge in [-0.15, -0.1) is 0 Å². The van der Waals surface area contributed by atoms with Gasteiger partial charge in [-0.05, 0) is 18.2 Å². The first-order valence-electron chi connectivity index (χ1n) is 11.0. The summed E-state index contributed by atoms with van der Waals surface area (Å²) in [7, 11) is 0. The van der Waals surface area contributed by atoms with Crippen molar-refractivity contribution in [2.75, 3.05) is 39.5 Å². The van der Waals surface area contributed by atoms with Gasteiger partial charge in [0.25, 0.3) is 5.91 Å². The van der Waals surface area contributed by atoms with E-state index in [1.165, 1.54) is 0 Å². The van der Waals surface area contributed by atoms with E-state index < -0.39 is 41.4 Å². The molecule has 0 bridgehead atoms. The molecule has 0 radical (unpaired) electrons. The number of nitrogens with zero attached hydrogens (tertiary/aromatic N) is 2. The summed E-state index contributed by atoms with van der Waals surface area (Å²) < 4.78 is 11.2. The number of halogens is 1. The number of ether oxygens (including phenoxy) is 2. The zero-order valence-corrected chi connectivity index (χ0v) is 21.0. The van der Waals surface area contributed by atoms with Crippen molar-refractivity contribution in [3.8, 4) is 5.75 Å². The lowest BCUT2D eigenvalue weighted by atomic mass is 9.82. The number of carboxylic acid groups (broad SMARTS) is 1. The highest BCUT2D eigenvalue weighted by Crippen LogP contribution is 2.54. The lowest BCUT2D eigenvalue weighted by Gasteiger charge is -2.31. The Labute approximate surface area is 217 Å². The number of aliphatic carboxylic acids is 1. The van der Waals surface area contributed by atoms with Crippen LogP contribution in [-0.2, 0) is 23.9 Å². The molecular weight excluding hydrogens is 534 g/mol. The topological polar surface area (TPSA) is 146 Å². The highest BCUT2D eigenvalue weighted by Gasteiger charge is 2.56.